The summed E-state index contributed by atoms with van der Waals surface area (Å²) in [6.45, 7) is 2.17. The van der Waals surface area contributed by atoms with E-state index >= 15 is 0 Å². The van der Waals surface area contributed by atoms with Crippen LogP contribution >= 0.6 is 38.9 Å². The topological polar surface area (TPSA) is 9.23 Å². The minimum atomic E-state index is 0.144. The first-order chi connectivity index (χ1) is 8.67. The van der Waals surface area contributed by atoms with E-state index in [2.05, 4.69) is 34.3 Å². The molecule has 0 fully saturated rings. The molecule has 1 aromatic carbocycles. The van der Waals surface area contributed by atoms with Gasteiger partial charge >= 0.3 is 0 Å². The zero-order chi connectivity index (χ0) is 13.1. The highest BCUT2D eigenvalue weighted by Crippen LogP contribution is 2.40. The van der Waals surface area contributed by atoms with Gasteiger partial charge in [-0.1, -0.05) is 40.5 Å². The molecular formula is C14H14BrClOS. The van der Waals surface area contributed by atoms with Crippen LogP contribution in [0.1, 0.15) is 27.8 Å². The summed E-state index contributed by atoms with van der Waals surface area (Å²) >= 11 is 11.8. The molecular weight excluding hydrogens is 332 g/mol. The molecule has 0 aliphatic heterocycles. The zero-order valence-corrected chi connectivity index (χ0v) is 13.4. The van der Waals surface area contributed by atoms with Gasteiger partial charge in [0.1, 0.15) is 5.75 Å². The first kappa shape index (κ1) is 13.9. The average Bonchev–Trinajstić information content (AvgIpc) is 2.86. The molecule has 2 aromatic rings. The quantitative estimate of drug-likeness (QED) is 0.669. The number of aryl methyl sites for hydroxylation is 1. The summed E-state index contributed by atoms with van der Waals surface area (Å²) in [4.78, 5) is 1.47. The van der Waals surface area contributed by atoms with Crippen molar-refractivity contribution in [2.24, 2.45) is 0 Å². The maximum absolute atomic E-state index is 6.31. The lowest BCUT2D eigenvalue weighted by Gasteiger charge is -2.13. The van der Waals surface area contributed by atoms with E-state index in [1.165, 1.54) is 10.4 Å². The average molecular weight is 346 g/mol. The molecule has 0 saturated carbocycles. The Morgan fingerprint density at radius 2 is 2.17 bits per heavy atom. The third kappa shape index (κ3) is 2.73. The minimum absolute atomic E-state index is 0.144. The Bertz CT molecular complexity index is 538. The summed E-state index contributed by atoms with van der Waals surface area (Å²) < 4.78 is 5.17. The standard InChI is InChI=1S/C14H14BrClOS/c1-3-9-6-7-18-14(9)13(15)11-5-4-10(17-2)8-12(11)16/h4-8,13H,3H2,1-2H3. The molecule has 1 atom stereocenters. The normalized spacial score (nSPS) is 12.4. The monoisotopic (exact) mass is 344 g/mol. The SMILES string of the molecule is CCc1ccsc1C(Br)c1ccc(OC)cc1Cl. The second-order valence-corrected chi connectivity index (χ2v) is 6.18. The molecule has 0 aliphatic rings. The van der Waals surface area contributed by atoms with Gasteiger partial charge in [-0.05, 0) is 41.1 Å². The van der Waals surface area contributed by atoms with Crippen LogP contribution in [-0.2, 0) is 6.42 Å². The van der Waals surface area contributed by atoms with Gasteiger partial charge < -0.3 is 4.74 Å². The van der Waals surface area contributed by atoms with Crippen molar-refractivity contribution in [2.45, 2.75) is 18.2 Å². The molecule has 1 nitrogen and oxygen atoms in total. The van der Waals surface area contributed by atoms with Crippen molar-refractivity contribution in [1.82, 2.24) is 0 Å². The molecule has 96 valence electrons. The smallest absolute Gasteiger partial charge is 0.120 e. The van der Waals surface area contributed by atoms with Gasteiger partial charge in [0.2, 0.25) is 0 Å². The Hall–Kier alpha value is -0.510. The number of alkyl halides is 1. The summed E-state index contributed by atoms with van der Waals surface area (Å²) in [7, 11) is 1.64. The lowest BCUT2D eigenvalue weighted by Crippen LogP contribution is -1.95. The van der Waals surface area contributed by atoms with Crippen LogP contribution in [0.4, 0.5) is 0 Å². The summed E-state index contributed by atoms with van der Waals surface area (Å²) in [5.74, 6) is 0.783. The van der Waals surface area contributed by atoms with Gasteiger partial charge in [-0.2, -0.15) is 0 Å². The molecule has 1 aromatic heterocycles. The molecule has 1 unspecified atom stereocenters. The number of ether oxygens (including phenoxy) is 1. The molecule has 2 rings (SSSR count). The van der Waals surface area contributed by atoms with Crippen molar-refractivity contribution in [2.75, 3.05) is 7.11 Å². The molecule has 0 N–H and O–H groups in total. The van der Waals surface area contributed by atoms with E-state index in [-0.39, 0.29) is 4.83 Å². The highest BCUT2D eigenvalue weighted by atomic mass is 79.9. The number of thiophene rings is 1. The molecule has 18 heavy (non-hydrogen) atoms. The Morgan fingerprint density at radius 1 is 1.39 bits per heavy atom. The van der Waals surface area contributed by atoms with Crippen molar-refractivity contribution in [3.05, 3.63) is 50.7 Å². The molecule has 0 bridgehead atoms. The predicted molar refractivity (Wildman–Crippen MR) is 82.5 cm³/mol. The third-order valence-corrected chi connectivity index (χ3v) is 5.48. The van der Waals surface area contributed by atoms with Crippen molar-refractivity contribution in [3.63, 3.8) is 0 Å². The molecule has 4 heteroatoms. The molecule has 0 saturated heterocycles. The summed E-state index contributed by atoms with van der Waals surface area (Å²) in [5, 5.41) is 2.85. The Kier molecular flexibility index (Phi) is 4.71. The van der Waals surface area contributed by atoms with Crippen molar-refractivity contribution >= 4 is 38.9 Å². The van der Waals surface area contributed by atoms with E-state index in [1.54, 1.807) is 18.4 Å². The van der Waals surface area contributed by atoms with E-state index < -0.39 is 0 Å². The predicted octanol–water partition coefficient (Wildman–Crippen LogP) is 5.46. The first-order valence-electron chi connectivity index (χ1n) is 5.71. The lowest BCUT2D eigenvalue weighted by atomic mass is 10.1. The summed E-state index contributed by atoms with van der Waals surface area (Å²) in [6.07, 6.45) is 1.04. The molecule has 0 aliphatic carbocycles. The van der Waals surface area contributed by atoms with Crippen LogP contribution < -0.4 is 4.74 Å². The highest BCUT2D eigenvalue weighted by Gasteiger charge is 2.18. The van der Waals surface area contributed by atoms with Gasteiger partial charge in [0.25, 0.3) is 0 Å². The van der Waals surface area contributed by atoms with E-state index in [0.717, 1.165) is 22.8 Å². The van der Waals surface area contributed by atoms with Gasteiger partial charge in [0.15, 0.2) is 0 Å². The van der Waals surface area contributed by atoms with Crippen molar-refractivity contribution in [1.29, 1.82) is 0 Å². The number of methoxy groups -OCH3 is 1. The maximum Gasteiger partial charge on any atom is 0.120 e. The van der Waals surface area contributed by atoms with Gasteiger partial charge in [-0.3, -0.25) is 0 Å². The van der Waals surface area contributed by atoms with Crippen LogP contribution in [0.15, 0.2) is 29.6 Å². The first-order valence-corrected chi connectivity index (χ1v) is 7.88. The minimum Gasteiger partial charge on any atom is -0.497 e. The van der Waals surface area contributed by atoms with Crippen molar-refractivity contribution in [3.8, 4) is 5.75 Å². The van der Waals surface area contributed by atoms with Crippen molar-refractivity contribution < 1.29 is 4.74 Å². The van der Waals surface area contributed by atoms with E-state index in [1.807, 2.05) is 18.2 Å². The Morgan fingerprint density at radius 3 is 2.78 bits per heavy atom. The fourth-order valence-corrected chi connectivity index (χ4v) is 4.26. The molecule has 0 radical (unpaired) electrons. The number of benzene rings is 1. The highest BCUT2D eigenvalue weighted by molar-refractivity contribution is 9.09. The van der Waals surface area contributed by atoms with Crippen LogP contribution in [0, 0.1) is 0 Å². The lowest BCUT2D eigenvalue weighted by molar-refractivity contribution is 0.414. The largest absolute Gasteiger partial charge is 0.497 e. The molecule has 0 spiro atoms. The zero-order valence-electron chi connectivity index (χ0n) is 10.2. The van der Waals surface area contributed by atoms with E-state index in [0.29, 0.717) is 0 Å². The van der Waals surface area contributed by atoms with Gasteiger partial charge in [0.05, 0.1) is 11.9 Å². The van der Waals surface area contributed by atoms with Gasteiger partial charge in [-0.25, -0.2) is 0 Å². The second-order valence-electron chi connectivity index (χ2n) is 3.91. The van der Waals surface area contributed by atoms with E-state index in [4.69, 9.17) is 16.3 Å². The van der Waals surface area contributed by atoms with Crippen LogP contribution in [0.5, 0.6) is 5.75 Å². The van der Waals surface area contributed by atoms with Crippen LogP contribution in [-0.4, -0.2) is 7.11 Å². The van der Waals surface area contributed by atoms with Gasteiger partial charge in [0, 0.05) is 9.90 Å². The second kappa shape index (κ2) is 6.09. The van der Waals surface area contributed by atoms with Crippen LogP contribution in [0.2, 0.25) is 5.02 Å². The molecule has 1 heterocycles. The Balaban J connectivity index is 2.37. The summed E-state index contributed by atoms with van der Waals surface area (Å²) in [6, 6.07) is 7.98. The van der Waals surface area contributed by atoms with Crippen LogP contribution in [0.25, 0.3) is 0 Å². The summed E-state index contributed by atoms with van der Waals surface area (Å²) in [5.41, 5.74) is 2.45. The number of hydrogen-bond donors (Lipinski definition) is 0. The Labute approximate surface area is 125 Å². The number of halogens is 2. The fourth-order valence-electron chi connectivity index (χ4n) is 1.84. The van der Waals surface area contributed by atoms with Gasteiger partial charge in [-0.15, -0.1) is 11.3 Å². The third-order valence-electron chi connectivity index (χ3n) is 2.87. The van der Waals surface area contributed by atoms with Crippen LogP contribution in [0.3, 0.4) is 0 Å². The molecule has 0 amide bonds. The van der Waals surface area contributed by atoms with E-state index in [9.17, 15) is 0 Å². The fraction of sp³-hybridized carbons (Fsp3) is 0.286. The number of rotatable bonds is 4. The maximum atomic E-state index is 6.31. The number of hydrogen-bond acceptors (Lipinski definition) is 2.